The summed E-state index contributed by atoms with van der Waals surface area (Å²) < 4.78 is 5.79. The lowest BCUT2D eigenvalue weighted by Crippen LogP contribution is -2.22. The van der Waals surface area contributed by atoms with Crippen molar-refractivity contribution < 1.29 is 4.42 Å². The molecule has 6 heteroatoms. The first kappa shape index (κ1) is 13.4. The van der Waals surface area contributed by atoms with Crippen LogP contribution in [-0.4, -0.2) is 26.9 Å². The molecule has 3 rings (SSSR count). The fraction of sp³-hybridized carbons (Fsp3) is 0.200. The minimum absolute atomic E-state index is 0.118. The Morgan fingerprint density at radius 1 is 1.10 bits per heavy atom. The fourth-order valence-corrected chi connectivity index (χ4v) is 2.08. The summed E-state index contributed by atoms with van der Waals surface area (Å²) in [6.45, 7) is 2.84. The van der Waals surface area contributed by atoms with Crippen LogP contribution in [0.5, 0.6) is 0 Å². The van der Waals surface area contributed by atoms with Crippen molar-refractivity contribution in [3.05, 3.63) is 60.2 Å². The van der Waals surface area contributed by atoms with E-state index >= 15 is 0 Å². The lowest BCUT2D eigenvalue weighted by Gasteiger charge is -2.13. The van der Waals surface area contributed by atoms with Crippen molar-refractivity contribution in [1.29, 1.82) is 0 Å². The summed E-state index contributed by atoms with van der Waals surface area (Å²) in [5.41, 5.74) is 1.84. The molecule has 0 saturated heterocycles. The highest BCUT2D eigenvalue weighted by Gasteiger charge is 2.20. The van der Waals surface area contributed by atoms with Gasteiger partial charge in [0.2, 0.25) is 11.8 Å². The molecule has 0 saturated carbocycles. The van der Waals surface area contributed by atoms with Crippen molar-refractivity contribution >= 4 is 0 Å². The van der Waals surface area contributed by atoms with E-state index in [0.29, 0.717) is 11.8 Å². The summed E-state index contributed by atoms with van der Waals surface area (Å²) >= 11 is 0. The number of benzene rings is 1. The Hall–Kier alpha value is -2.60. The third-order valence-electron chi connectivity index (χ3n) is 3.06. The first-order valence-corrected chi connectivity index (χ1v) is 6.77. The molecule has 1 atom stereocenters. The highest BCUT2D eigenvalue weighted by atomic mass is 16.4. The maximum Gasteiger partial charge on any atom is 0.249 e. The van der Waals surface area contributed by atoms with Gasteiger partial charge in [-0.05, 0) is 18.2 Å². The van der Waals surface area contributed by atoms with Crippen molar-refractivity contribution in [3.63, 3.8) is 0 Å². The quantitative estimate of drug-likeness (QED) is 0.772. The van der Waals surface area contributed by atoms with Crippen LogP contribution >= 0.6 is 0 Å². The van der Waals surface area contributed by atoms with Crippen LogP contribution in [0.3, 0.4) is 0 Å². The highest BCUT2D eigenvalue weighted by molar-refractivity contribution is 5.49. The van der Waals surface area contributed by atoms with Gasteiger partial charge in [-0.25, -0.2) is 0 Å². The second-order valence-corrected chi connectivity index (χ2v) is 4.48. The van der Waals surface area contributed by atoms with Crippen molar-refractivity contribution in [2.75, 3.05) is 6.54 Å². The van der Waals surface area contributed by atoms with Crippen molar-refractivity contribution in [1.82, 2.24) is 25.7 Å². The van der Waals surface area contributed by atoms with E-state index in [9.17, 15) is 0 Å². The molecule has 1 unspecified atom stereocenters. The number of nitrogens with zero attached hydrogens (tertiary/aromatic N) is 4. The van der Waals surface area contributed by atoms with Gasteiger partial charge in [-0.15, -0.1) is 10.2 Å². The van der Waals surface area contributed by atoms with Gasteiger partial charge in [-0.2, -0.15) is 10.2 Å². The van der Waals surface area contributed by atoms with E-state index in [1.807, 2.05) is 37.3 Å². The van der Waals surface area contributed by atoms with Crippen molar-refractivity contribution in [2.45, 2.75) is 13.0 Å². The zero-order valence-electron chi connectivity index (χ0n) is 11.6. The van der Waals surface area contributed by atoms with E-state index in [0.717, 1.165) is 17.7 Å². The molecular formula is C15H15N5O. The lowest BCUT2D eigenvalue weighted by molar-refractivity contribution is 0.444. The molecule has 0 fully saturated rings. The number of nitrogens with one attached hydrogen (secondary N) is 1. The van der Waals surface area contributed by atoms with Gasteiger partial charge in [0.25, 0.3) is 0 Å². The number of rotatable bonds is 5. The second-order valence-electron chi connectivity index (χ2n) is 4.48. The maximum absolute atomic E-state index is 5.79. The molecule has 0 aliphatic rings. The fourth-order valence-electron chi connectivity index (χ4n) is 2.08. The smallest absolute Gasteiger partial charge is 0.249 e. The molecule has 0 aliphatic heterocycles. The molecule has 106 valence electrons. The van der Waals surface area contributed by atoms with E-state index < -0.39 is 0 Å². The Bertz CT molecular complexity index is 684. The summed E-state index contributed by atoms with van der Waals surface area (Å²) in [6.07, 6.45) is 3.19. The van der Waals surface area contributed by atoms with Gasteiger partial charge in [0, 0.05) is 0 Å². The molecular weight excluding hydrogens is 266 g/mol. The Labute approximate surface area is 122 Å². The predicted molar refractivity (Wildman–Crippen MR) is 77.3 cm³/mol. The van der Waals surface area contributed by atoms with E-state index in [4.69, 9.17) is 4.42 Å². The molecule has 0 spiro atoms. The number of hydrogen-bond acceptors (Lipinski definition) is 6. The predicted octanol–water partition coefficient (Wildman–Crippen LogP) is 2.23. The molecule has 2 heterocycles. The van der Waals surface area contributed by atoms with Gasteiger partial charge >= 0.3 is 0 Å². The first-order valence-electron chi connectivity index (χ1n) is 6.77. The number of aromatic nitrogens is 4. The second kappa shape index (κ2) is 6.23. The Morgan fingerprint density at radius 2 is 1.95 bits per heavy atom. The zero-order valence-corrected chi connectivity index (χ0v) is 11.6. The van der Waals surface area contributed by atoms with E-state index in [1.165, 1.54) is 0 Å². The van der Waals surface area contributed by atoms with Gasteiger partial charge in [-0.3, -0.25) is 0 Å². The molecule has 0 aliphatic carbocycles. The average Bonchev–Trinajstić information content (AvgIpc) is 3.04. The summed E-state index contributed by atoms with van der Waals surface area (Å²) in [4.78, 5) is 0. The minimum atomic E-state index is -0.118. The lowest BCUT2D eigenvalue weighted by atomic mass is 10.1. The zero-order chi connectivity index (χ0) is 14.5. The summed E-state index contributed by atoms with van der Waals surface area (Å²) in [6, 6.07) is 11.7. The van der Waals surface area contributed by atoms with Gasteiger partial charge in [0.05, 0.1) is 18.0 Å². The molecule has 2 aromatic heterocycles. The summed E-state index contributed by atoms with van der Waals surface area (Å²) in [5, 5.41) is 19.2. The van der Waals surface area contributed by atoms with E-state index in [1.54, 1.807) is 18.5 Å². The van der Waals surface area contributed by atoms with Gasteiger partial charge in [-0.1, -0.05) is 37.3 Å². The Balaban J connectivity index is 1.93. The molecule has 21 heavy (non-hydrogen) atoms. The first-order chi connectivity index (χ1) is 10.4. The summed E-state index contributed by atoms with van der Waals surface area (Å²) in [7, 11) is 0. The summed E-state index contributed by atoms with van der Waals surface area (Å²) in [5.74, 6) is 0.980. The van der Waals surface area contributed by atoms with Crippen molar-refractivity contribution in [3.8, 4) is 11.5 Å². The van der Waals surface area contributed by atoms with Crippen LogP contribution < -0.4 is 5.32 Å². The minimum Gasteiger partial charge on any atom is -0.419 e. The van der Waals surface area contributed by atoms with Gasteiger partial charge in [0.15, 0.2) is 0 Å². The number of hydrogen-bond donors (Lipinski definition) is 1. The van der Waals surface area contributed by atoms with Crippen LogP contribution in [0.2, 0.25) is 0 Å². The molecule has 0 radical (unpaired) electrons. The normalized spacial score (nSPS) is 12.2. The van der Waals surface area contributed by atoms with Crippen LogP contribution in [0.25, 0.3) is 11.5 Å². The Kier molecular flexibility index (Phi) is 3.97. The average molecular weight is 281 g/mol. The standard InChI is InChI=1S/C15H15N5O/c1-2-16-13(11-6-4-3-5-7-11)15-20-19-14(21-15)12-8-9-17-18-10-12/h3-10,13,16H,2H2,1H3. The monoisotopic (exact) mass is 281 g/mol. The largest absolute Gasteiger partial charge is 0.419 e. The molecule has 6 nitrogen and oxygen atoms in total. The highest BCUT2D eigenvalue weighted by Crippen LogP contribution is 2.24. The third kappa shape index (κ3) is 2.95. The molecule has 0 bridgehead atoms. The molecule has 1 aromatic carbocycles. The van der Waals surface area contributed by atoms with E-state index in [-0.39, 0.29) is 6.04 Å². The Morgan fingerprint density at radius 3 is 2.67 bits per heavy atom. The third-order valence-corrected chi connectivity index (χ3v) is 3.06. The molecule has 3 aromatic rings. The van der Waals surface area contributed by atoms with Crippen LogP contribution in [0.4, 0.5) is 0 Å². The van der Waals surface area contributed by atoms with Gasteiger partial charge in [0.1, 0.15) is 6.04 Å². The van der Waals surface area contributed by atoms with Crippen LogP contribution in [0, 0.1) is 0 Å². The molecule has 0 amide bonds. The topological polar surface area (TPSA) is 76.7 Å². The SMILES string of the molecule is CCNC(c1ccccc1)c1nnc(-c2ccnnc2)o1. The van der Waals surface area contributed by atoms with E-state index in [2.05, 4.69) is 25.7 Å². The van der Waals surface area contributed by atoms with Gasteiger partial charge < -0.3 is 9.73 Å². The van der Waals surface area contributed by atoms with Crippen LogP contribution in [0.15, 0.2) is 53.2 Å². The molecule has 1 N–H and O–H groups in total. The van der Waals surface area contributed by atoms with Crippen LogP contribution in [0.1, 0.15) is 24.4 Å². The van der Waals surface area contributed by atoms with Crippen molar-refractivity contribution in [2.24, 2.45) is 0 Å². The maximum atomic E-state index is 5.79. The van der Waals surface area contributed by atoms with Crippen LogP contribution in [-0.2, 0) is 0 Å².